The summed E-state index contributed by atoms with van der Waals surface area (Å²) in [6.07, 6.45) is 3.97. The molecule has 1 atom stereocenters. The van der Waals surface area contributed by atoms with E-state index in [1.54, 1.807) is 6.20 Å². The lowest BCUT2D eigenvalue weighted by Gasteiger charge is -2.22. The second-order valence-electron chi connectivity index (χ2n) is 7.07. The molecular weight excluding hydrogens is 352 g/mol. The largest absolute Gasteiger partial charge is 0.290 e. The molecule has 1 aromatic heterocycles. The van der Waals surface area contributed by atoms with Crippen LogP contribution in [0.5, 0.6) is 0 Å². The van der Waals surface area contributed by atoms with Gasteiger partial charge < -0.3 is 0 Å². The zero-order valence-corrected chi connectivity index (χ0v) is 15.7. The van der Waals surface area contributed by atoms with Crippen molar-refractivity contribution in [2.24, 2.45) is 0 Å². The number of hydrogen-bond donors (Lipinski definition) is 0. The molecule has 28 heavy (non-hydrogen) atoms. The monoisotopic (exact) mass is 374 g/mol. The van der Waals surface area contributed by atoms with Crippen LogP contribution < -0.4 is 0 Å². The van der Waals surface area contributed by atoms with Crippen LogP contribution in [-0.2, 0) is 22.7 Å². The molecule has 3 aromatic rings. The topological polar surface area (TPSA) is 58.4 Å². The smallest absolute Gasteiger partial charge is 0.247 e. The number of nitrogens with zero attached hydrogens (tertiary/aromatic N) is 4. The molecule has 0 spiro atoms. The predicted molar refractivity (Wildman–Crippen MR) is 105 cm³/mol. The van der Waals surface area contributed by atoms with Crippen LogP contribution in [-0.4, -0.2) is 44.5 Å². The summed E-state index contributed by atoms with van der Waals surface area (Å²) in [5.74, 6) is -0.252. The molecule has 6 heteroatoms. The van der Waals surface area contributed by atoms with E-state index in [9.17, 15) is 9.59 Å². The summed E-state index contributed by atoms with van der Waals surface area (Å²) in [5.41, 5.74) is 2.93. The van der Waals surface area contributed by atoms with Crippen LogP contribution in [0.25, 0.3) is 5.69 Å². The van der Waals surface area contributed by atoms with Gasteiger partial charge in [0.2, 0.25) is 11.8 Å². The van der Waals surface area contributed by atoms with Gasteiger partial charge in [-0.05, 0) is 24.7 Å². The Morgan fingerprint density at radius 1 is 1.00 bits per heavy atom. The third-order valence-electron chi connectivity index (χ3n) is 5.02. The first-order valence-corrected chi connectivity index (χ1v) is 9.29. The minimum Gasteiger partial charge on any atom is -0.290 e. The molecule has 0 radical (unpaired) electrons. The average molecular weight is 374 g/mol. The molecular formula is C22H22N4O2. The standard InChI is InChI=1S/C22H22N4O2/c1-24(14-18-13-23-26(16-18)19-10-6-3-7-11-19)20-12-21(27)25(22(20)28)15-17-8-4-2-5-9-17/h2-11,13,16,20H,12,14-15H2,1H3/t20-/m0/s1. The first-order chi connectivity index (χ1) is 13.6. The number of imide groups is 1. The molecule has 4 rings (SSSR count). The SMILES string of the molecule is CN(Cc1cnn(-c2ccccc2)c1)[C@H]1CC(=O)N(Cc2ccccc2)C1=O. The number of aromatic nitrogens is 2. The van der Waals surface area contributed by atoms with Crippen molar-refractivity contribution in [3.8, 4) is 5.69 Å². The molecule has 2 heterocycles. The molecule has 0 unspecified atom stereocenters. The number of benzene rings is 2. The number of hydrogen-bond acceptors (Lipinski definition) is 4. The second kappa shape index (κ2) is 7.78. The van der Waals surface area contributed by atoms with E-state index in [-0.39, 0.29) is 18.2 Å². The van der Waals surface area contributed by atoms with E-state index in [1.807, 2.05) is 83.5 Å². The summed E-state index contributed by atoms with van der Waals surface area (Å²) >= 11 is 0. The molecule has 0 saturated carbocycles. The second-order valence-corrected chi connectivity index (χ2v) is 7.07. The summed E-state index contributed by atoms with van der Waals surface area (Å²) in [7, 11) is 1.88. The highest BCUT2D eigenvalue weighted by atomic mass is 16.2. The number of amides is 2. The highest BCUT2D eigenvalue weighted by Gasteiger charge is 2.40. The Labute approximate surface area is 164 Å². The van der Waals surface area contributed by atoms with Crippen LogP contribution in [0.1, 0.15) is 17.5 Å². The maximum Gasteiger partial charge on any atom is 0.247 e. The molecule has 2 aromatic carbocycles. The lowest BCUT2D eigenvalue weighted by atomic mass is 10.2. The Balaban J connectivity index is 1.42. The van der Waals surface area contributed by atoms with Gasteiger partial charge in [-0.2, -0.15) is 5.10 Å². The molecule has 1 fully saturated rings. The molecule has 0 bridgehead atoms. The Bertz CT molecular complexity index is 968. The third-order valence-corrected chi connectivity index (χ3v) is 5.02. The minimum atomic E-state index is -0.434. The van der Waals surface area contributed by atoms with Crippen LogP contribution in [0, 0.1) is 0 Å². The van der Waals surface area contributed by atoms with E-state index in [2.05, 4.69) is 5.10 Å². The predicted octanol–water partition coefficient (Wildman–Crippen LogP) is 2.63. The molecule has 2 amide bonds. The quantitative estimate of drug-likeness (QED) is 0.623. The Morgan fingerprint density at radius 2 is 1.68 bits per heavy atom. The number of carbonyl (C=O) groups excluding carboxylic acids is 2. The van der Waals surface area contributed by atoms with Gasteiger partial charge in [0.25, 0.3) is 0 Å². The van der Waals surface area contributed by atoms with Gasteiger partial charge in [-0.1, -0.05) is 48.5 Å². The number of rotatable bonds is 6. The van der Waals surface area contributed by atoms with Crippen LogP contribution >= 0.6 is 0 Å². The summed E-state index contributed by atoms with van der Waals surface area (Å²) in [4.78, 5) is 28.5. The van der Waals surface area contributed by atoms with Gasteiger partial charge in [-0.15, -0.1) is 0 Å². The van der Waals surface area contributed by atoms with Crippen molar-refractivity contribution in [2.75, 3.05) is 7.05 Å². The molecule has 1 aliphatic rings. The molecule has 1 aliphatic heterocycles. The zero-order chi connectivity index (χ0) is 19.5. The van der Waals surface area contributed by atoms with Gasteiger partial charge in [0.1, 0.15) is 0 Å². The molecule has 0 N–H and O–H groups in total. The van der Waals surface area contributed by atoms with Crippen molar-refractivity contribution in [3.63, 3.8) is 0 Å². The van der Waals surface area contributed by atoms with Gasteiger partial charge in [0.05, 0.1) is 30.9 Å². The van der Waals surface area contributed by atoms with Gasteiger partial charge in [0.15, 0.2) is 0 Å². The lowest BCUT2D eigenvalue weighted by molar-refractivity contribution is -0.140. The normalized spacial score (nSPS) is 16.9. The van der Waals surface area contributed by atoms with Crippen molar-refractivity contribution >= 4 is 11.8 Å². The lowest BCUT2D eigenvalue weighted by Crippen LogP contribution is -2.39. The molecule has 6 nitrogen and oxygen atoms in total. The third kappa shape index (κ3) is 3.73. The first-order valence-electron chi connectivity index (χ1n) is 9.29. The summed E-state index contributed by atoms with van der Waals surface area (Å²) in [6, 6.07) is 19.0. The number of likely N-dealkylation sites (tertiary alicyclic amines) is 1. The van der Waals surface area contributed by atoms with Crippen LogP contribution in [0.3, 0.4) is 0 Å². The number of carbonyl (C=O) groups is 2. The summed E-state index contributed by atoms with van der Waals surface area (Å²) in [6.45, 7) is 0.879. The van der Waals surface area contributed by atoms with Gasteiger partial charge in [-0.25, -0.2) is 4.68 Å². The van der Waals surface area contributed by atoms with E-state index in [4.69, 9.17) is 0 Å². The number of para-hydroxylation sites is 1. The van der Waals surface area contributed by atoms with Gasteiger partial charge >= 0.3 is 0 Å². The fraction of sp³-hybridized carbons (Fsp3) is 0.227. The summed E-state index contributed by atoms with van der Waals surface area (Å²) in [5, 5.41) is 4.40. The fourth-order valence-corrected chi connectivity index (χ4v) is 3.50. The van der Waals surface area contributed by atoms with E-state index in [0.29, 0.717) is 13.1 Å². The van der Waals surface area contributed by atoms with Crippen molar-refractivity contribution in [1.82, 2.24) is 19.6 Å². The molecule has 0 aliphatic carbocycles. The van der Waals surface area contributed by atoms with E-state index < -0.39 is 6.04 Å². The van der Waals surface area contributed by atoms with Crippen molar-refractivity contribution in [2.45, 2.75) is 25.6 Å². The molecule has 142 valence electrons. The molecule has 1 saturated heterocycles. The highest BCUT2D eigenvalue weighted by molar-refractivity contribution is 6.05. The Morgan fingerprint density at radius 3 is 2.39 bits per heavy atom. The average Bonchev–Trinajstić information content (AvgIpc) is 3.29. The first kappa shape index (κ1) is 18.1. The maximum absolute atomic E-state index is 12.8. The maximum atomic E-state index is 12.8. The van der Waals surface area contributed by atoms with Crippen molar-refractivity contribution in [1.29, 1.82) is 0 Å². The van der Waals surface area contributed by atoms with E-state index in [1.165, 1.54) is 4.90 Å². The van der Waals surface area contributed by atoms with E-state index >= 15 is 0 Å². The fourth-order valence-electron chi connectivity index (χ4n) is 3.50. The summed E-state index contributed by atoms with van der Waals surface area (Å²) < 4.78 is 1.81. The van der Waals surface area contributed by atoms with Crippen molar-refractivity contribution < 1.29 is 9.59 Å². The van der Waals surface area contributed by atoms with Crippen LogP contribution in [0.2, 0.25) is 0 Å². The van der Waals surface area contributed by atoms with Crippen molar-refractivity contribution in [3.05, 3.63) is 84.2 Å². The van der Waals surface area contributed by atoms with Gasteiger partial charge in [0, 0.05) is 18.3 Å². The highest BCUT2D eigenvalue weighted by Crippen LogP contribution is 2.22. The van der Waals surface area contributed by atoms with E-state index in [0.717, 1.165) is 16.8 Å². The number of likely N-dealkylation sites (N-methyl/N-ethyl adjacent to an activating group) is 1. The Kier molecular flexibility index (Phi) is 5.04. The minimum absolute atomic E-state index is 0.120. The Hall–Kier alpha value is -3.25. The van der Waals surface area contributed by atoms with Crippen LogP contribution in [0.15, 0.2) is 73.1 Å². The van der Waals surface area contributed by atoms with Crippen LogP contribution in [0.4, 0.5) is 0 Å². The zero-order valence-electron chi connectivity index (χ0n) is 15.7. The van der Waals surface area contributed by atoms with Gasteiger partial charge in [-0.3, -0.25) is 19.4 Å².